The number of carbonyl (C=O) groups is 1. The molecule has 1 aliphatic rings. The first-order valence-electron chi connectivity index (χ1n) is 8.75. The summed E-state index contributed by atoms with van der Waals surface area (Å²) < 4.78 is 0. The van der Waals surface area contributed by atoms with Crippen molar-refractivity contribution >= 4 is 17.2 Å². The van der Waals surface area contributed by atoms with Crippen molar-refractivity contribution in [3.05, 3.63) is 63.6 Å². The van der Waals surface area contributed by atoms with Crippen LogP contribution in [0.15, 0.2) is 42.6 Å². The number of carbonyl (C=O) groups excluding carboxylic acids is 1. The van der Waals surface area contributed by atoms with Gasteiger partial charge in [0.25, 0.3) is 5.91 Å². The minimum Gasteiger partial charge on any atom is -0.335 e. The number of aryl methyl sites for hydroxylation is 1. The van der Waals surface area contributed by atoms with Crippen molar-refractivity contribution in [1.29, 1.82) is 0 Å². The second-order valence-corrected chi connectivity index (χ2v) is 7.60. The van der Waals surface area contributed by atoms with Gasteiger partial charge in [0.2, 0.25) is 0 Å². The van der Waals surface area contributed by atoms with Gasteiger partial charge in [-0.05, 0) is 43.1 Å². The fourth-order valence-electron chi connectivity index (χ4n) is 3.09. The first-order chi connectivity index (χ1) is 12.7. The van der Waals surface area contributed by atoms with E-state index in [4.69, 9.17) is 0 Å². The largest absolute Gasteiger partial charge is 0.335 e. The van der Waals surface area contributed by atoms with Crippen LogP contribution in [0.1, 0.15) is 32.2 Å². The standard InChI is InChI=1S/C19H21N5OS/c1-23(13-15-12-21-24(22-15)16-6-3-2-4-7-16)19(25)18-10-14-11-20-9-5-8-17(14)26-18/h2-4,6-7,10,12,20H,5,8-9,11,13H2,1H3. The number of amides is 1. The predicted molar refractivity (Wildman–Crippen MR) is 102 cm³/mol. The van der Waals surface area contributed by atoms with E-state index in [0.29, 0.717) is 6.54 Å². The van der Waals surface area contributed by atoms with Gasteiger partial charge >= 0.3 is 0 Å². The van der Waals surface area contributed by atoms with Crippen LogP contribution in [0.3, 0.4) is 0 Å². The second kappa shape index (κ2) is 7.39. The lowest BCUT2D eigenvalue weighted by Crippen LogP contribution is -2.25. The predicted octanol–water partition coefficient (Wildman–Crippen LogP) is 2.64. The molecule has 4 rings (SSSR count). The number of hydrogen-bond acceptors (Lipinski definition) is 5. The summed E-state index contributed by atoms with van der Waals surface area (Å²) in [6.07, 6.45) is 3.89. The molecule has 0 aliphatic carbocycles. The average Bonchev–Trinajstić information content (AvgIpc) is 3.24. The Hall–Kier alpha value is -2.51. The highest BCUT2D eigenvalue weighted by molar-refractivity contribution is 7.14. The van der Waals surface area contributed by atoms with Crippen LogP contribution < -0.4 is 5.32 Å². The van der Waals surface area contributed by atoms with Crippen LogP contribution in [-0.2, 0) is 19.5 Å². The molecule has 1 aromatic carbocycles. The molecule has 3 aromatic rings. The molecule has 134 valence electrons. The van der Waals surface area contributed by atoms with Gasteiger partial charge < -0.3 is 10.2 Å². The Morgan fingerprint density at radius 3 is 3.04 bits per heavy atom. The molecule has 6 nitrogen and oxygen atoms in total. The Morgan fingerprint density at radius 2 is 2.19 bits per heavy atom. The summed E-state index contributed by atoms with van der Waals surface area (Å²) in [5.41, 5.74) is 2.94. The second-order valence-electron chi connectivity index (χ2n) is 6.46. The van der Waals surface area contributed by atoms with Crippen molar-refractivity contribution < 1.29 is 4.79 Å². The zero-order chi connectivity index (χ0) is 17.9. The summed E-state index contributed by atoms with van der Waals surface area (Å²) in [5, 5.41) is 12.2. The quantitative estimate of drug-likeness (QED) is 0.770. The van der Waals surface area contributed by atoms with E-state index in [2.05, 4.69) is 15.5 Å². The van der Waals surface area contributed by atoms with Crippen LogP contribution >= 0.6 is 11.3 Å². The zero-order valence-corrected chi connectivity index (χ0v) is 15.5. The normalized spacial score (nSPS) is 13.9. The maximum Gasteiger partial charge on any atom is 0.264 e. The van der Waals surface area contributed by atoms with Crippen LogP contribution in [0, 0.1) is 0 Å². The Bertz CT molecular complexity index is 878. The Labute approximate surface area is 156 Å². The van der Waals surface area contributed by atoms with E-state index in [0.717, 1.165) is 42.2 Å². The molecule has 0 radical (unpaired) electrons. The summed E-state index contributed by atoms with van der Waals surface area (Å²) in [7, 11) is 1.81. The van der Waals surface area contributed by atoms with Crippen LogP contribution in [0.4, 0.5) is 0 Å². The summed E-state index contributed by atoms with van der Waals surface area (Å²) >= 11 is 1.63. The molecule has 26 heavy (non-hydrogen) atoms. The molecule has 0 atom stereocenters. The minimum absolute atomic E-state index is 0.0392. The maximum absolute atomic E-state index is 12.8. The molecule has 1 N–H and O–H groups in total. The number of fused-ring (bicyclic) bond motifs is 1. The Morgan fingerprint density at radius 1 is 1.35 bits per heavy atom. The van der Waals surface area contributed by atoms with Gasteiger partial charge in [0.15, 0.2) is 0 Å². The molecule has 3 heterocycles. The third-order valence-corrected chi connectivity index (χ3v) is 5.68. The van der Waals surface area contributed by atoms with Crippen molar-refractivity contribution in [1.82, 2.24) is 25.2 Å². The molecule has 7 heteroatoms. The third kappa shape index (κ3) is 3.54. The fraction of sp³-hybridized carbons (Fsp3) is 0.316. The number of nitrogens with zero attached hydrogens (tertiary/aromatic N) is 4. The van der Waals surface area contributed by atoms with Gasteiger partial charge in [-0.2, -0.15) is 15.0 Å². The number of benzene rings is 1. The lowest BCUT2D eigenvalue weighted by Gasteiger charge is -2.14. The molecule has 1 aliphatic heterocycles. The van der Waals surface area contributed by atoms with Crippen LogP contribution in [-0.4, -0.2) is 39.4 Å². The smallest absolute Gasteiger partial charge is 0.264 e. The van der Waals surface area contributed by atoms with E-state index >= 15 is 0 Å². The maximum atomic E-state index is 12.8. The molecule has 2 aromatic heterocycles. The minimum atomic E-state index is 0.0392. The van der Waals surface area contributed by atoms with Crippen molar-refractivity contribution in [3.63, 3.8) is 0 Å². The molecule has 0 unspecified atom stereocenters. The SMILES string of the molecule is CN(Cc1cnn(-c2ccccc2)n1)C(=O)c1cc2c(s1)CCCNC2. The molecule has 1 amide bonds. The van der Waals surface area contributed by atoms with Gasteiger partial charge in [-0.15, -0.1) is 11.3 Å². The van der Waals surface area contributed by atoms with Gasteiger partial charge in [-0.25, -0.2) is 0 Å². The van der Waals surface area contributed by atoms with Gasteiger partial charge in [0.1, 0.15) is 5.69 Å². The number of nitrogens with one attached hydrogen (secondary N) is 1. The van der Waals surface area contributed by atoms with Crippen molar-refractivity contribution in [2.75, 3.05) is 13.6 Å². The van der Waals surface area contributed by atoms with Crippen LogP contribution in [0.5, 0.6) is 0 Å². The van der Waals surface area contributed by atoms with Crippen LogP contribution in [0.25, 0.3) is 5.69 Å². The number of rotatable bonds is 4. The van der Waals surface area contributed by atoms with E-state index in [1.807, 2.05) is 43.4 Å². The topological polar surface area (TPSA) is 63.1 Å². The van der Waals surface area contributed by atoms with E-state index < -0.39 is 0 Å². The van der Waals surface area contributed by atoms with E-state index in [9.17, 15) is 4.79 Å². The summed E-state index contributed by atoms with van der Waals surface area (Å²) in [6, 6.07) is 11.8. The van der Waals surface area contributed by atoms with Crippen molar-refractivity contribution in [3.8, 4) is 5.69 Å². The average molecular weight is 367 g/mol. The van der Waals surface area contributed by atoms with E-state index in [1.165, 1.54) is 10.4 Å². The first-order valence-corrected chi connectivity index (χ1v) is 9.57. The van der Waals surface area contributed by atoms with Gasteiger partial charge in [0.05, 0.1) is 23.3 Å². The van der Waals surface area contributed by atoms with Gasteiger partial charge in [-0.1, -0.05) is 18.2 Å². The molecule has 0 saturated heterocycles. The highest BCUT2D eigenvalue weighted by atomic mass is 32.1. The summed E-state index contributed by atoms with van der Waals surface area (Å²) in [4.78, 5) is 18.2. The summed E-state index contributed by atoms with van der Waals surface area (Å²) in [6.45, 7) is 2.34. The van der Waals surface area contributed by atoms with E-state index in [1.54, 1.807) is 27.2 Å². The number of aromatic nitrogens is 3. The van der Waals surface area contributed by atoms with Gasteiger partial charge in [0, 0.05) is 18.5 Å². The lowest BCUT2D eigenvalue weighted by molar-refractivity contribution is 0.0788. The lowest BCUT2D eigenvalue weighted by atomic mass is 10.2. The third-order valence-electron chi connectivity index (χ3n) is 4.45. The van der Waals surface area contributed by atoms with Gasteiger partial charge in [-0.3, -0.25) is 4.79 Å². The fourth-order valence-corrected chi connectivity index (χ4v) is 4.30. The highest BCUT2D eigenvalue weighted by Crippen LogP contribution is 2.26. The molecule has 0 fully saturated rings. The van der Waals surface area contributed by atoms with Crippen LogP contribution in [0.2, 0.25) is 0 Å². The van der Waals surface area contributed by atoms with Crippen molar-refractivity contribution in [2.24, 2.45) is 0 Å². The number of hydrogen-bond donors (Lipinski definition) is 1. The molecular formula is C19H21N5OS. The number of para-hydroxylation sites is 1. The molecule has 0 saturated carbocycles. The van der Waals surface area contributed by atoms with E-state index in [-0.39, 0.29) is 5.91 Å². The Balaban J connectivity index is 1.46. The molecule has 0 spiro atoms. The number of thiophene rings is 1. The molecular weight excluding hydrogens is 346 g/mol. The Kier molecular flexibility index (Phi) is 4.81. The highest BCUT2D eigenvalue weighted by Gasteiger charge is 2.19. The molecule has 0 bridgehead atoms. The first kappa shape index (κ1) is 16.9. The van der Waals surface area contributed by atoms with Crippen molar-refractivity contribution in [2.45, 2.75) is 25.9 Å². The summed E-state index contributed by atoms with van der Waals surface area (Å²) in [5.74, 6) is 0.0392. The zero-order valence-electron chi connectivity index (χ0n) is 14.7. The monoisotopic (exact) mass is 367 g/mol.